The highest BCUT2D eigenvalue weighted by atomic mass is 16.4. The van der Waals surface area contributed by atoms with Crippen LogP contribution in [0.3, 0.4) is 0 Å². The van der Waals surface area contributed by atoms with Gasteiger partial charge in [-0.3, -0.25) is 4.79 Å². The Labute approximate surface area is 82.2 Å². The van der Waals surface area contributed by atoms with Gasteiger partial charge < -0.3 is 10.0 Å². The second-order valence-electron chi connectivity index (χ2n) is 4.18. The van der Waals surface area contributed by atoms with E-state index in [-0.39, 0.29) is 23.1 Å². The smallest absolute Gasteiger partial charge is 0.352 e. The van der Waals surface area contributed by atoms with Crippen molar-refractivity contribution in [2.45, 2.75) is 32.7 Å². The Morgan fingerprint density at radius 2 is 2.43 bits per heavy atom. The number of β-lactam (4-membered cyclic amide) rings is 1. The zero-order chi connectivity index (χ0) is 10.5. The zero-order valence-corrected chi connectivity index (χ0v) is 8.28. The van der Waals surface area contributed by atoms with Gasteiger partial charge in [0.15, 0.2) is 0 Å². The van der Waals surface area contributed by atoms with Crippen LogP contribution in [0.25, 0.3) is 0 Å². The summed E-state index contributed by atoms with van der Waals surface area (Å²) in [5.41, 5.74) is 0.0114. The van der Waals surface area contributed by atoms with Crippen molar-refractivity contribution in [2.75, 3.05) is 0 Å². The van der Waals surface area contributed by atoms with Crippen LogP contribution in [0, 0.1) is 5.41 Å². The number of carbonyl (C=O) groups excluding carboxylic acids is 1. The van der Waals surface area contributed by atoms with E-state index in [4.69, 9.17) is 5.11 Å². The molecule has 0 radical (unpaired) electrons. The van der Waals surface area contributed by atoms with E-state index in [1.54, 1.807) is 6.08 Å². The number of aliphatic carboxylic acids is 1. The fourth-order valence-electron chi connectivity index (χ4n) is 2.23. The summed E-state index contributed by atoms with van der Waals surface area (Å²) in [6.45, 7) is 4.02. The van der Waals surface area contributed by atoms with Gasteiger partial charge >= 0.3 is 5.97 Å². The van der Waals surface area contributed by atoms with Crippen LogP contribution < -0.4 is 0 Å². The summed E-state index contributed by atoms with van der Waals surface area (Å²) in [7, 11) is 0. The second-order valence-corrected chi connectivity index (χ2v) is 4.18. The molecule has 2 heterocycles. The summed E-state index contributed by atoms with van der Waals surface area (Å²) >= 11 is 0. The van der Waals surface area contributed by atoms with Crippen molar-refractivity contribution in [1.82, 2.24) is 4.90 Å². The minimum atomic E-state index is -1.000. The second kappa shape index (κ2) is 2.59. The Bertz CT molecular complexity index is 347. The molecule has 2 aliphatic rings. The molecule has 0 aromatic heterocycles. The third-order valence-corrected chi connectivity index (χ3v) is 3.42. The standard InChI is InChI=1S/C10H13NO3/c1-3-10(2)5-6(9(13)14)11-7(10)4-8(11)12/h5,7H,3-4H2,1-2H3,(H,13,14)/t7-,10?/m0/s1. The third-order valence-electron chi connectivity index (χ3n) is 3.42. The number of rotatable bonds is 2. The first-order chi connectivity index (χ1) is 6.49. The fraction of sp³-hybridized carbons (Fsp3) is 0.600. The monoisotopic (exact) mass is 195 g/mol. The lowest BCUT2D eigenvalue weighted by Crippen LogP contribution is -2.55. The molecule has 1 N–H and O–H groups in total. The molecule has 4 heteroatoms. The van der Waals surface area contributed by atoms with Crippen molar-refractivity contribution >= 4 is 11.9 Å². The lowest BCUT2D eigenvalue weighted by atomic mass is 9.77. The van der Waals surface area contributed by atoms with Crippen LogP contribution in [-0.2, 0) is 9.59 Å². The first kappa shape index (κ1) is 9.24. The Balaban J connectivity index is 2.37. The molecule has 0 aromatic rings. The van der Waals surface area contributed by atoms with Gasteiger partial charge in [-0.2, -0.15) is 0 Å². The molecule has 2 rings (SSSR count). The zero-order valence-electron chi connectivity index (χ0n) is 8.28. The number of amides is 1. The molecular formula is C10H13NO3. The maximum absolute atomic E-state index is 11.3. The SMILES string of the molecule is CCC1(C)C=C(C(=O)O)N2C(=O)C[C@H]21. The molecule has 76 valence electrons. The summed E-state index contributed by atoms with van der Waals surface area (Å²) in [6.07, 6.45) is 3.07. The Morgan fingerprint density at radius 1 is 1.79 bits per heavy atom. The summed E-state index contributed by atoms with van der Waals surface area (Å²) in [5, 5.41) is 8.92. The van der Waals surface area contributed by atoms with Gasteiger partial charge in [-0.15, -0.1) is 0 Å². The molecule has 1 amide bonds. The number of nitrogens with zero attached hydrogens (tertiary/aromatic N) is 1. The van der Waals surface area contributed by atoms with Crippen LogP contribution in [-0.4, -0.2) is 27.9 Å². The van der Waals surface area contributed by atoms with Gasteiger partial charge in [-0.05, 0) is 12.5 Å². The molecule has 14 heavy (non-hydrogen) atoms. The van der Waals surface area contributed by atoms with Crippen molar-refractivity contribution in [3.05, 3.63) is 11.8 Å². The van der Waals surface area contributed by atoms with E-state index in [1.807, 2.05) is 13.8 Å². The van der Waals surface area contributed by atoms with Gasteiger partial charge in [0, 0.05) is 11.8 Å². The normalized spacial score (nSPS) is 35.0. The average Bonchev–Trinajstić information content (AvgIpc) is 2.35. The van der Waals surface area contributed by atoms with Crippen molar-refractivity contribution < 1.29 is 14.7 Å². The van der Waals surface area contributed by atoms with Gasteiger partial charge in [0.25, 0.3) is 0 Å². The highest BCUT2D eigenvalue weighted by Gasteiger charge is 2.54. The summed E-state index contributed by atoms with van der Waals surface area (Å²) in [5.74, 6) is -1.07. The third kappa shape index (κ3) is 0.937. The quantitative estimate of drug-likeness (QED) is 0.668. The van der Waals surface area contributed by atoms with E-state index in [2.05, 4.69) is 0 Å². The van der Waals surface area contributed by atoms with E-state index in [0.717, 1.165) is 6.42 Å². The topological polar surface area (TPSA) is 57.6 Å². The van der Waals surface area contributed by atoms with Gasteiger partial charge in [0.1, 0.15) is 5.70 Å². The molecular weight excluding hydrogens is 182 g/mol. The molecule has 0 saturated carbocycles. The van der Waals surface area contributed by atoms with E-state index >= 15 is 0 Å². The minimum absolute atomic E-state index is 0.0687. The fourth-order valence-corrected chi connectivity index (χ4v) is 2.23. The van der Waals surface area contributed by atoms with Crippen LogP contribution in [0.2, 0.25) is 0 Å². The summed E-state index contributed by atoms with van der Waals surface area (Å²) < 4.78 is 0. The van der Waals surface area contributed by atoms with Crippen LogP contribution in [0.4, 0.5) is 0 Å². The Morgan fingerprint density at radius 3 is 2.79 bits per heavy atom. The molecule has 0 aromatic carbocycles. The lowest BCUT2D eigenvalue weighted by molar-refractivity contribution is -0.150. The molecule has 0 spiro atoms. The van der Waals surface area contributed by atoms with Gasteiger partial charge in [-0.25, -0.2) is 4.79 Å². The van der Waals surface area contributed by atoms with Gasteiger partial charge in [0.2, 0.25) is 5.91 Å². The van der Waals surface area contributed by atoms with E-state index in [9.17, 15) is 9.59 Å². The van der Waals surface area contributed by atoms with Crippen molar-refractivity contribution in [3.8, 4) is 0 Å². The predicted octanol–water partition coefficient (Wildman–Crippen LogP) is 0.986. The molecule has 2 aliphatic heterocycles. The largest absolute Gasteiger partial charge is 0.477 e. The highest BCUT2D eigenvalue weighted by molar-refractivity contribution is 5.97. The van der Waals surface area contributed by atoms with E-state index < -0.39 is 5.97 Å². The number of hydrogen-bond acceptors (Lipinski definition) is 2. The van der Waals surface area contributed by atoms with Crippen molar-refractivity contribution in [3.63, 3.8) is 0 Å². The Hall–Kier alpha value is -1.32. The van der Waals surface area contributed by atoms with Crippen LogP contribution >= 0.6 is 0 Å². The van der Waals surface area contributed by atoms with Crippen LogP contribution in [0.5, 0.6) is 0 Å². The average molecular weight is 195 g/mol. The molecule has 2 atom stereocenters. The minimum Gasteiger partial charge on any atom is -0.477 e. The predicted molar refractivity (Wildman–Crippen MR) is 49.4 cm³/mol. The molecule has 1 unspecified atom stereocenters. The maximum Gasteiger partial charge on any atom is 0.352 e. The van der Waals surface area contributed by atoms with E-state index in [1.165, 1.54) is 4.90 Å². The molecule has 4 nitrogen and oxygen atoms in total. The summed E-state index contributed by atoms with van der Waals surface area (Å²) in [4.78, 5) is 23.6. The maximum atomic E-state index is 11.3. The van der Waals surface area contributed by atoms with Gasteiger partial charge in [-0.1, -0.05) is 13.8 Å². The number of carbonyl (C=O) groups is 2. The Kier molecular flexibility index (Phi) is 1.71. The highest BCUT2D eigenvalue weighted by Crippen LogP contribution is 2.47. The number of carboxylic acid groups (broad SMARTS) is 1. The first-order valence-electron chi connectivity index (χ1n) is 4.78. The van der Waals surface area contributed by atoms with E-state index in [0.29, 0.717) is 6.42 Å². The van der Waals surface area contributed by atoms with Crippen molar-refractivity contribution in [1.29, 1.82) is 0 Å². The van der Waals surface area contributed by atoms with Crippen LogP contribution in [0.1, 0.15) is 26.7 Å². The molecule has 0 bridgehead atoms. The lowest BCUT2D eigenvalue weighted by Gasteiger charge is -2.42. The number of hydrogen-bond donors (Lipinski definition) is 1. The number of carboxylic acids is 1. The molecule has 1 fully saturated rings. The first-order valence-corrected chi connectivity index (χ1v) is 4.78. The van der Waals surface area contributed by atoms with Crippen molar-refractivity contribution in [2.24, 2.45) is 5.41 Å². The van der Waals surface area contributed by atoms with Crippen LogP contribution in [0.15, 0.2) is 11.8 Å². The summed E-state index contributed by atoms with van der Waals surface area (Å²) in [6, 6.07) is 0.0751. The molecule has 1 saturated heterocycles. The van der Waals surface area contributed by atoms with Gasteiger partial charge in [0.05, 0.1) is 6.04 Å². The molecule has 0 aliphatic carbocycles. The number of fused-ring (bicyclic) bond motifs is 1.